The summed E-state index contributed by atoms with van der Waals surface area (Å²) in [4.78, 5) is 17.2. The van der Waals surface area contributed by atoms with E-state index in [0.717, 1.165) is 26.1 Å². The number of anilines is 1. The van der Waals surface area contributed by atoms with Crippen molar-refractivity contribution in [2.75, 3.05) is 31.6 Å². The van der Waals surface area contributed by atoms with E-state index in [4.69, 9.17) is 0 Å². The lowest BCUT2D eigenvalue weighted by molar-refractivity contribution is 0.0971. The van der Waals surface area contributed by atoms with Gasteiger partial charge in [-0.1, -0.05) is 17.7 Å². The number of fused-ring (bicyclic) bond motifs is 3. The monoisotopic (exact) mass is 438 g/mol. The molecule has 1 fully saturated rings. The predicted molar refractivity (Wildman–Crippen MR) is 122 cm³/mol. The molecule has 0 saturated carbocycles. The van der Waals surface area contributed by atoms with Crippen molar-refractivity contribution in [1.82, 2.24) is 4.90 Å². The molecule has 0 aromatic heterocycles. The minimum atomic E-state index is -0.300. The summed E-state index contributed by atoms with van der Waals surface area (Å²) in [5.74, 6) is 0.365. The van der Waals surface area contributed by atoms with Crippen LogP contribution in [0.1, 0.15) is 46.7 Å². The highest BCUT2D eigenvalue weighted by atomic mass is 35.5. The third kappa shape index (κ3) is 4.93. The molecular weight excluding hydrogens is 410 g/mol. The molecule has 0 aliphatic carbocycles. The molecule has 0 spiro atoms. The van der Waals surface area contributed by atoms with Crippen LogP contribution < -0.4 is 4.90 Å². The number of Topliss-reactive ketones (excluding diaryl/α,β-unsaturated/α-hetero) is 1. The smallest absolute Gasteiger partial charge is 0.162 e. The Bertz CT molecular complexity index is 843. The first kappa shape index (κ1) is 23.7. The number of piperidine rings is 1. The standard InChI is InChI=1S/C23H27FN2O.2ClH/c1-16-5-10-21-19(14-16)20-15-26(13-11-22(20)25(21)2)12-3-4-23(27)17-6-8-18(24)9-7-17;;/h5-10,14,20,22H,3-4,11-13,15H2,1-2H3;2*1H. The zero-order chi connectivity index (χ0) is 19.0. The maximum absolute atomic E-state index is 13.0. The number of rotatable bonds is 5. The topological polar surface area (TPSA) is 23.6 Å². The highest BCUT2D eigenvalue weighted by molar-refractivity contribution is 5.95. The molecule has 2 atom stereocenters. The van der Waals surface area contributed by atoms with Crippen LogP contribution in [0.3, 0.4) is 0 Å². The Morgan fingerprint density at radius 1 is 1.14 bits per heavy atom. The minimum absolute atomic E-state index is 0. The number of benzene rings is 2. The lowest BCUT2D eigenvalue weighted by Gasteiger charge is -2.37. The fourth-order valence-corrected chi connectivity index (χ4v) is 4.69. The Kier molecular flexibility index (Phi) is 8.10. The summed E-state index contributed by atoms with van der Waals surface area (Å²) in [6.07, 6.45) is 2.54. The molecule has 0 amide bonds. The van der Waals surface area contributed by atoms with E-state index in [2.05, 4.69) is 42.0 Å². The Hall–Kier alpha value is -1.62. The molecule has 0 bridgehead atoms. The van der Waals surface area contributed by atoms with Crippen molar-refractivity contribution in [1.29, 1.82) is 0 Å². The van der Waals surface area contributed by atoms with Crippen LogP contribution >= 0.6 is 24.8 Å². The van der Waals surface area contributed by atoms with Crippen molar-refractivity contribution in [2.24, 2.45) is 0 Å². The highest BCUT2D eigenvalue weighted by Gasteiger charge is 2.39. The molecule has 29 heavy (non-hydrogen) atoms. The van der Waals surface area contributed by atoms with E-state index in [0.29, 0.717) is 23.9 Å². The number of ketones is 1. The predicted octanol–water partition coefficient (Wildman–Crippen LogP) is 5.25. The number of aryl methyl sites for hydroxylation is 1. The summed E-state index contributed by atoms with van der Waals surface area (Å²) in [5.41, 5.74) is 4.79. The Labute approximate surface area is 185 Å². The fraction of sp³-hybridized carbons (Fsp3) is 0.435. The molecule has 6 heteroatoms. The van der Waals surface area contributed by atoms with Crippen LogP contribution in [0.4, 0.5) is 10.1 Å². The minimum Gasteiger partial charge on any atom is -0.371 e. The van der Waals surface area contributed by atoms with Crippen LogP contribution in [0.5, 0.6) is 0 Å². The first-order valence-electron chi connectivity index (χ1n) is 9.87. The van der Waals surface area contributed by atoms with Crippen molar-refractivity contribution < 1.29 is 9.18 Å². The van der Waals surface area contributed by atoms with Crippen LogP contribution in [0, 0.1) is 12.7 Å². The van der Waals surface area contributed by atoms with Crippen LogP contribution in [0.15, 0.2) is 42.5 Å². The molecule has 4 rings (SSSR count). The lowest BCUT2D eigenvalue weighted by atomic mass is 9.88. The van der Waals surface area contributed by atoms with E-state index < -0.39 is 0 Å². The number of likely N-dealkylation sites (tertiary alicyclic amines) is 1. The molecule has 2 aliphatic heterocycles. The molecule has 2 heterocycles. The highest BCUT2D eigenvalue weighted by Crippen LogP contribution is 2.44. The summed E-state index contributed by atoms with van der Waals surface area (Å²) in [6, 6.07) is 13.3. The average Bonchev–Trinajstić information content (AvgIpc) is 2.94. The summed E-state index contributed by atoms with van der Waals surface area (Å²) in [5, 5.41) is 0. The van der Waals surface area contributed by atoms with Crippen LogP contribution in [0.25, 0.3) is 0 Å². The zero-order valence-corrected chi connectivity index (χ0v) is 18.6. The van der Waals surface area contributed by atoms with Gasteiger partial charge in [0.1, 0.15) is 5.82 Å². The number of nitrogens with zero attached hydrogens (tertiary/aromatic N) is 2. The van der Waals surface area contributed by atoms with Crippen molar-refractivity contribution in [2.45, 2.75) is 38.1 Å². The summed E-state index contributed by atoms with van der Waals surface area (Å²) in [6.45, 7) is 5.26. The summed E-state index contributed by atoms with van der Waals surface area (Å²) in [7, 11) is 2.22. The van der Waals surface area contributed by atoms with E-state index in [1.54, 1.807) is 12.1 Å². The number of halogens is 3. The van der Waals surface area contributed by atoms with E-state index in [1.165, 1.54) is 35.4 Å². The van der Waals surface area contributed by atoms with Gasteiger partial charge in [0.15, 0.2) is 5.78 Å². The first-order chi connectivity index (χ1) is 13.0. The van der Waals surface area contributed by atoms with Gasteiger partial charge in [0.25, 0.3) is 0 Å². The number of carbonyl (C=O) groups is 1. The van der Waals surface area contributed by atoms with Gasteiger partial charge in [-0.15, -0.1) is 24.8 Å². The molecule has 2 aliphatic rings. The lowest BCUT2D eigenvalue weighted by Crippen LogP contribution is -2.45. The van der Waals surface area contributed by atoms with Gasteiger partial charge in [0.2, 0.25) is 0 Å². The fourth-order valence-electron chi connectivity index (χ4n) is 4.69. The van der Waals surface area contributed by atoms with Crippen LogP contribution in [0.2, 0.25) is 0 Å². The largest absolute Gasteiger partial charge is 0.371 e. The van der Waals surface area contributed by atoms with E-state index >= 15 is 0 Å². The van der Waals surface area contributed by atoms with Gasteiger partial charge < -0.3 is 9.80 Å². The quantitative estimate of drug-likeness (QED) is 0.595. The molecule has 2 aromatic rings. The SMILES string of the molecule is Cc1ccc2c(c1)C1CN(CCCC(=O)c3ccc(F)cc3)CCC1N2C.Cl.Cl. The molecule has 2 unspecified atom stereocenters. The second-order valence-corrected chi connectivity index (χ2v) is 7.97. The normalized spacial score (nSPS) is 20.3. The van der Waals surface area contributed by atoms with E-state index in [1.807, 2.05) is 0 Å². The molecule has 0 radical (unpaired) electrons. The van der Waals surface area contributed by atoms with Crippen LogP contribution in [-0.2, 0) is 0 Å². The van der Waals surface area contributed by atoms with Gasteiger partial charge in [0, 0.05) is 49.8 Å². The van der Waals surface area contributed by atoms with Gasteiger partial charge in [-0.25, -0.2) is 4.39 Å². The van der Waals surface area contributed by atoms with Gasteiger partial charge in [-0.05, 0) is 62.2 Å². The van der Waals surface area contributed by atoms with Gasteiger partial charge in [-0.3, -0.25) is 4.79 Å². The molecule has 158 valence electrons. The molecule has 2 aromatic carbocycles. The Balaban J connectivity index is 0.00000150. The Morgan fingerprint density at radius 2 is 1.86 bits per heavy atom. The van der Waals surface area contributed by atoms with Gasteiger partial charge in [0.05, 0.1) is 0 Å². The molecule has 0 N–H and O–H groups in total. The van der Waals surface area contributed by atoms with Gasteiger partial charge >= 0.3 is 0 Å². The second kappa shape index (κ2) is 9.92. The summed E-state index contributed by atoms with van der Waals surface area (Å²) >= 11 is 0. The van der Waals surface area contributed by atoms with Crippen molar-refractivity contribution in [3.05, 3.63) is 65.0 Å². The molecule has 3 nitrogen and oxygen atoms in total. The van der Waals surface area contributed by atoms with Crippen molar-refractivity contribution >= 4 is 36.3 Å². The van der Waals surface area contributed by atoms with E-state index in [-0.39, 0.29) is 36.4 Å². The number of carbonyl (C=O) groups excluding carboxylic acids is 1. The summed E-state index contributed by atoms with van der Waals surface area (Å²) < 4.78 is 13.0. The maximum atomic E-state index is 13.0. The zero-order valence-electron chi connectivity index (χ0n) is 16.9. The maximum Gasteiger partial charge on any atom is 0.162 e. The number of likely N-dealkylation sites (N-methyl/N-ethyl adjacent to an activating group) is 1. The third-order valence-corrected chi connectivity index (χ3v) is 6.16. The van der Waals surface area contributed by atoms with Crippen LogP contribution in [-0.4, -0.2) is 43.4 Å². The number of hydrogen-bond donors (Lipinski definition) is 0. The molecule has 1 saturated heterocycles. The van der Waals surface area contributed by atoms with Gasteiger partial charge in [-0.2, -0.15) is 0 Å². The second-order valence-electron chi connectivity index (χ2n) is 7.97. The van der Waals surface area contributed by atoms with Crippen molar-refractivity contribution in [3.8, 4) is 0 Å². The average molecular weight is 439 g/mol. The molecular formula is C23H29Cl2FN2O. The van der Waals surface area contributed by atoms with Crippen molar-refractivity contribution in [3.63, 3.8) is 0 Å². The number of hydrogen-bond acceptors (Lipinski definition) is 3. The Morgan fingerprint density at radius 3 is 2.59 bits per heavy atom. The third-order valence-electron chi connectivity index (χ3n) is 6.16. The van der Waals surface area contributed by atoms with E-state index in [9.17, 15) is 9.18 Å². The first-order valence-corrected chi connectivity index (χ1v) is 9.87.